The zero-order chi connectivity index (χ0) is 13.7. The lowest BCUT2D eigenvalue weighted by Gasteiger charge is -2.20. The Morgan fingerprint density at radius 2 is 2.21 bits per heavy atom. The first-order chi connectivity index (χ1) is 9.22. The van der Waals surface area contributed by atoms with Crippen molar-refractivity contribution in [1.82, 2.24) is 4.90 Å². The van der Waals surface area contributed by atoms with Gasteiger partial charge in [-0.1, -0.05) is 30.3 Å². The van der Waals surface area contributed by atoms with E-state index in [2.05, 4.69) is 24.3 Å². The van der Waals surface area contributed by atoms with Crippen LogP contribution in [0.5, 0.6) is 0 Å². The number of nitrogens with zero attached hydrogens (tertiary/aromatic N) is 1. The molecule has 0 aromatic heterocycles. The average Bonchev–Trinajstić information content (AvgIpc) is 2.94. The summed E-state index contributed by atoms with van der Waals surface area (Å²) in [6, 6.07) is 10.1. The van der Waals surface area contributed by atoms with Crippen molar-refractivity contribution in [2.24, 2.45) is 5.73 Å². The van der Waals surface area contributed by atoms with E-state index < -0.39 is 0 Å². The lowest BCUT2D eigenvalue weighted by atomic mass is 9.99. The molecule has 1 unspecified atom stereocenters. The van der Waals surface area contributed by atoms with Gasteiger partial charge in [0.25, 0.3) is 0 Å². The third-order valence-electron chi connectivity index (χ3n) is 3.72. The highest BCUT2D eigenvalue weighted by atomic mass is 32.2. The maximum atomic E-state index is 12.2. The molecule has 1 fully saturated rings. The molecule has 1 aliphatic heterocycles. The summed E-state index contributed by atoms with van der Waals surface area (Å²) in [5.41, 5.74) is 7.29. The molecule has 4 heteroatoms. The smallest absolute Gasteiger partial charge is 0.239 e. The fourth-order valence-corrected chi connectivity index (χ4v) is 3.05. The highest BCUT2D eigenvalue weighted by Crippen LogP contribution is 2.27. The summed E-state index contributed by atoms with van der Waals surface area (Å²) in [7, 11) is 0. The van der Waals surface area contributed by atoms with E-state index in [4.69, 9.17) is 5.73 Å². The molecule has 0 bridgehead atoms. The van der Waals surface area contributed by atoms with Gasteiger partial charge in [-0.3, -0.25) is 4.79 Å². The quantitative estimate of drug-likeness (QED) is 0.897. The standard InChI is InChI=1S/C15H22N2OS/c1-19-10-8-14(16)15(18)17-9-7-13(11-17)12-5-3-2-4-6-12/h2-6,13-14H,7-11,16H2,1H3/t13?,14-/m1/s1. The molecule has 2 N–H and O–H groups in total. The Bertz CT molecular complexity index is 410. The van der Waals surface area contributed by atoms with Gasteiger partial charge in [0.15, 0.2) is 0 Å². The molecule has 2 atom stereocenters. The first-order valence-electron chi connectivity index (χ1n) is 6.80. The van der Waals surface area contributed by atoms with Crippen LogP contribution in [-0.4, -0.2) is 41.9 Å². The van der Waals surface area contributed by atoms with Crippen LogP contribution in [0.3, 0.4) is 0 Å². The minimum Gasteiger partial charge on any atom is -0.341 e. The van der Waals surface area contributed by atoms with Gasteiger partial charge in [-0.25, -0.2) is 0 Å². The summed E-state index contributed by atoms with van der Waals surface area (Å²) in [6.07, 6.45) is 3.86. The molecule has 0 spiro atoms. The molecule has 0 radical (unpaired) electrons. The monoisotopic (exact) mass is 278 g/mol. The fraction of sp³-hybridized carbons (Fsp3) is 0.533. The zero-order valence-electron chi connectivity index (χ0n) is 11.4. The number of amides is 1. The number of carbonyl (C=O) groups excluding carboxylic acids is 1. The van der Waals surface area contributed by atoms with E-state index in [0.29, 0.717) is 5.92 Å². The van der Waals surface area contributed by atoms with Crippen molar-refractivity contribution in [3.05, 3.63) is 35.9 Å². The molecule has 0 saturated carbocycles. The van der Waals surface area contributed by atoms with Gasteiger partial charge in [-0.05, 0) is 30.4 Å². The molecular formula is C15H22N2OS. The van der Waals surface area contributed by atoms with E-state index >= 15 is 0 Å². The Hall–Kier alpha value is -1.00. The SMILES string of the molecule is CSCC[C@@H](N)C(=O)N1CCC(c2ccccc2)C1. The lowest BCUT2D eigenvalue weighted by Crippen LogP contribution is -2.42. The topological polar surface area (TPSA) is 46.3 Å². The largest absolute Gasteiger partial charge is 0.341 e. The normalized spacial score (nSPS) is 20.5. The van der Waals surface area contributed by atoms with Crippen molar-refractivity contribution < 1.29 is 4.79 Å². The number of hydrogen-bond acceptors (Lipinski definition) is 3. The van der Waals surface area contributed by atoms with Crippen LogP contribution in [0.25, 0.3) is 0 Å². The molecule has 1 aromatic carbocycles. The van der Waals surface area contributed by atoms with Crippen molar-refractivity contribution in [2.75, 3.05) is 25.1 Å². The van der Waals surface area contributed by atoms with Gasteiger partial charge in [-0.2, -0.15) is 11.8 Å². The minimum absolute atomic E-state index is 0.118. The molecule has 2 rings (SSSR count). The summed E-state index contributed by atoms with van der Waals surface area (Å²) in [5.74, 6) is 1.54. The number of benzene rings is 1. The molecule has 0 aliphatic carbocycles. The van der Waals surface area contributed by atoms with Crippen molar-refractivity contribution in [2.45, 2.75) is 24.8 Å². The highest BCUT2D eigenvalue weighted by molar-refractivity contribution is 7.98. The number of hydrogen-bond donors (Lipinski definition) is 1. The summed E-state index contributed by atoms with van der Waals surface area (Å²) in [4.78, 5) is 14.2. The number of carbonyl (C=O) groups is 1. The highest BCUT2D eigenvalue weighted by Gasteiger charge is 2.29. The maximum absolute atomic E-state index is 12.2. The Morgan fingerprint density at radius 3 is 2.89 bits per heavy atom. The molecule has 1 heterocycles. The van der Waals surface area contributed by atoms with Crippen molar-refractivity contribution >= 4 is 17.7 Å². The van der Waals surface area contributed by atoms with E-state index in [1.54, 1.807) is 11.8 Å². The minimum atomic E-state index is -0.332. The van der Waals surface area contributed by atoms with Crippen LogP contribution < -0.4 is 5.73 Å². The number of rotatable bonds is 5. The number of nitrogens with two attached hydrogens (primary N) is 1. The predicted molar refractivity (Wildman–Crippen MR) is 81.4 cm³/mol. The van der Waals surface area contributed by atoms with Crippen LogP contribution in [0.2, 0.25) is 0 Å². The molecule has 1 aromatic rings. The van der Waals surface area contributed by atoms with E-state index in [1.807, 2.05) is 17.2 Å². The van der Waals surface area contributed by atoms with Crippen LogP contribution >= 0.6 is 11.8 Å². The van der Waals surface area contributed by atoms with Gasteiger partial charge >= 0.3 is 0 Å². The van der Waals surface area contributed by atoms with Gasteiger partial charge < -0.3 is 10.6 Å². The lowest BCUT2D eigenvalue weighted by molar-refractivity contribution is -0.131. The van der Waals surface area contributed by atoms with E-state index in [0.717, 1.165) is 31.7 Å². The number of thioether (sulfide) groups is 1. The van der Waals surface area contributed by atoms with Gasteiger partial charge in [-0.15, -0.1) is 0 Å². The molecular weight excluding hydrogens is 256 g/mol. The third kappa shape index (κ3) is 3.74. The third-order valence-corrected chi connectivity index (χ3v) is 4.37. The first-order valence-corrected chi connectivity index (χ1v) is 8.20. The van der Waals surface area contributed by atoms with Crippen molar-refractivity contribution in [3.8, 4) is 0 Å². The molecule has 104 valence electrons. The number of likely N-dealkylation sites (tertiary alicyclic amines) is 1. The molecule has 1 saturated heterocycles. The Morgan fingerprint density at radius 1 is 1.47 bits per heavy atom. The van der Waals surface area contributed by atoms with E-state index in [9.17, 15) is 4.79 Å². The summed E-state index contributed by atoms with van der Waals surface area (Å²) < 4.78 is 0. The van der Waals surface area contributed by atoms with Crippen LogP contribution in [0.4, 0.5) is 0 Å². The van der Waals surface area contributed by atoms with Crippen molar-refractivity contribution in [3.63, 3.8) is 0 Å². The second-order valence-corrected chi connectivity index (χ2v) is 6.05. The molecule has 19 heavy (non-hydrogen) atoms. The van der Waals surface area contributed by atoms with Gasteiger partial charge in [0, 0.05) is 19.0 Å². The van der Waals surface area contributed by atoms with Crippen LogP contribution in [0, 0.1) is 0 Å². The maximum Gasteiger partial charge on any atom is 0.239 e. The Kier molecular flexibility index (Phi) is 5.28. The Labute approximate surface area is 119 Å². The Balaban J connectivity index is 1.89. The zero-order valence-corrected chi connectivity index (χ0v) is 12.2. The van der Waals surface area contributed by atoms with Crippen LogP contribution in [0.15, 0.2) is 30.3 Å². The van der Waals surface area contributed by atoms with Crippen LogP contribution in [0.1, 0.15) is 24.3 Å². The van der Waals surface area contributed by atoms with Gasteiger partial charge in [0.05, 0.1) is 6.04 Å². The summed E-state index contributed by atoms with van der Waals surface area (Å²) in [5, 5.41) is 0. The predicted octanol–water partition coefficient (Wildman–Crippen LogP) is 2.08. The van der Waals surface area contributed by atoms with Crippen LogP contribution in [-0.2, 0) is 4.79 Å². The second-order valence-electron chi connectivity index (χ2n) is 5.07. The first kappa shape index (κ1) is 14.4. The van der Waals surface area contributed by atoms with Crippen molar-refractivity contribution in [1.29, 1.82) is 0 Å². The average molecular weight is 278 g/mol. The van der Waals surface area contributed by atoms with Gasteiger partial charge in [0.2, 0.25) is 5.91 Å². The van der Waals surface area contributed by atoms with E-state index in [-0.39, 0.29) is 11.9 Å². The molecule has 3 nitrogen and oxygen atoms in total. The summed E-state index contributed by atoms with van der Waals surface area (Å²) >= 11 is 1.74. The van der Waals surface area contributed by atoms with E-state index in [1.165, 1.54) is 5.56 Å². The molecule has 1 aliphatic rings. The fourth-order valence-electron chi connectivity index (χ4n) is 2.56. The second kappa shape index (κ2) is 6.96. The van der Waals surface area contributed by atoms with Gasteiger partial charge in [0.1, 0.15) is 0 Å². The summed E-state index contributed by atoms with van der Waals surface area (Å²) in [6.45, 7) is 1.65. The molecule has 1 amide bonds.